The van der Waals surface area contributed by atoms with Crippen LogP contribution in [0.25, 0.3) is 0 Å². The van der Waals surface area contributed by atoms with Gasteiger partial charge in [0, 0.05) is 20.1 Å². The molecule has 5 nitrogen and oxygen atoms in total. The van der Waals surface area contributed by atoms with Crippen LogP contribution >= 0.6 is 0 Å². The van der Waals surface area contributed by atoms with Crippen LogP contribution < -0.4 is 10.5 Å². The fourth-order valence-corrected chi connectivity index (χ4v) is 1.74. The lowest BCUT2D eigenvalue weighted by molar-refractivity contribution is 0.105. The molecule has 0 aliphatic carbocycles. The Balaban J connectivity index is 2.60. The lowest BCUT2D eigenvalue weighted by Crippen LogP contribution is -2.32. The van der Waals surface area contributed by atoms with E-state index < -0.39 is 0 Å². The van der Waals surface area contributed by atoms with Gasteiger partial charge in [-0.15, -0.1) is 0 Å². The Morgan fingerprint density at radius 3 is 2.74 bits per heavy atom. The van der Waals surface area contributed by atoms with Gasteiger partial charge in [0.1, 0.15) is 12.4 Å². The molecule has 1 aromatic carbocycles. The molecule has 1 amide bonds. The summed E-state index contributed by atoms with van der Waals surface area (Å²) in [5.74, 6) is 0.859. The highest BCUT2D eigenvalue weighted by Crippen LogP contribution is 2.20. The number of nitrogens with two attached hydrogens (primary N) is 1. The number of carbonyl (C=O) groups excluding carboxylic acids is 1. The van der Waals surface area contributed by atoms with Crippen LogP contribution in [-0.4, -0.2) is 38.2 Å². The summed E-state index contributed by atoms with van der Waals surface area (Å²) in [6.45, 7) is 3.23. The maximum atomic E-state index is 11.6. The number of aryl methyl sites for hydroxylation is 1. The average Bonchev–Trinajstić information content (AvgIpc) is 2.44. The van der Waals surface area contributed by atoms with Crippen LogP contribution in [0.1, 0.15) is 18.1 Å². The second-order valence-electron chi connectivity index (χ2n) is 4.26. The topological polar surface area (TPSA) is 64.8 Å². The van der Waals surface area contributed by atoms with Crippen molar-refractivity contribution in [2.45, 2.75) is 20.0 Å². The minimum absolute atomic E-state index is 0.255. The average molecular weight is 266 g/mol. The van der Waals surface area contributed by atoms with Crippen molar-refractivity contribution in [1.82, 2.24) is 4.90 Å². The molecule has 2 N–H and O–H groups in total. The van der Waals surface area contributed by atoms with Crippen molar-refractivity contribution < 1.29 is 14.3 Å². The van der Waals surface area contributed by atoms with Gasteiger partial charge in [0.25, 0.3) is 0 Å². The summed E-state index contributed by atoms with van der Waals surface area (Å²) in [4.78, 5) is 13.1. The van der Waals surface area contributed by atoms with Crippen LogP contribution in [0.2, 0.25) is 0 Å². The second kappa shape index (κ2) is 7.63. The summed E-state index contributed by atoms with van der Waals surface area (Å²) >= 11 is 0. The molecule has 0 aromatic heterocycles. The van der Waals surface area contributed by atoms with Gasteiger partial charge in [-0.3, -0.25) is 0 Å². The van der Waals surface area contributed by atoms with Crippen LogP contribution in [0.4, 0.5) is 4.79 Å². The number of hydrogen-bond acceptors (Lipinski definition) is 4. The van der Waals surface area contributed by atoms with Crippen molar-refractivity contribution in [2.24, 2.45) is 5.73 Å². The van der Waals surface area contributed by atoms with Crippen LogP contribution in [0.5, 0.6) is 5.75 Å². The molecule has 0 unspecified atom stereocenters. The molecule has 5 heteroatoms. The molecule has 0 fully saturated rings. The van der Waals surface area contributed by atoms with Crippen molar-refractivity contribution >= 4 is 6.09 Å². The van der Waals surface area contributed by atoms with Gasteiger partial charge in [0.15, 0.2) is 0 Å². The molecule has 0 atom stereocenters. The molecule has 0 saturated carbocycles. The quantitative estimate of drug-likeness (QED) is 0.852. The number of carbonyl (C=O) groups is 1. The standard InChI is InChI=1S/C14H22N2O3/c1-4-12-9-11(5-6-13(12)18-3)10-19-14(17)16(2)8-7-15/h5-6,9H,4,7-8,10,15H2,1-3H3. The number of likely N-dealkylation sites (N-methyl/N-ethyl adjacent to an activating group) is 1. The fourth-order valence-electron chi connectivity index (χ4n) is 1.74. The zero-order chi connectivity index (χ0) is 14.3. The predicted molar refractivity (Wildman–Crippen MR) is 74.2 cm³/mol. The van der Waals surface area contributed by atoms with E-state index in [1.807, 2.05) is 18.2 Å². The first kappa shape index (κ1) is 15.3. The molecule has 0 saturated heterocycles. The van der Waals surface area contributed by atoms with Gasteiger partial charge in [0.05, 0.1) is 7.11 Å². The maximum absolute atomic E-state index is 11.6. The van der Waals surface area contributed by atoms with E-state index in [9.17, 15) is 4.79 Å². The van der Waals surface area contributed by atoms with Crippen molar-refractivity contribution in [3.63, 3.8) is 0 Å². The highest BCUT2D eigenvalue weighted by molar-refractivity contribution is 5.67. The molecule has 0 aliphatic heterocycles. The largest absolute Gasteiger partial charge is 0.496 e. The molecule has 0 heterocycles. The number of ether oxygens (including phenoxy) is 2. The van der Waals surface area contributed by atoms with E-state index in [1.165, 1.54) is 4.90 Å². The summed E-state index contributed by atoms with van der Waals surface area (Å²) in [5.41, 5.74) is 7.44. The van der Waals surface area contributed by atoms with Gasteiger partial charge >= 0.3 is 6.09 Å². The Hall–Kier alpha value is -1.75. The molecule has 0 radical (unpaired) electrons. The Morgan fingerprint density at radius 1 is 1.42 bits per heavy atom. The highest BCUT2D eigenvalue weighted by atomic mass is 16.6. The Labute approximate surface area is 114 Å². The van der Waals surface area contributed by atoms with Crippen molar-refractivity contribution in [1.29, 1.82) is 0 Å². The van der Waals surface area contributed by atoms with Crippen molar-refractivity contribution in [3.8, 4) is 5.75 Å². The second-order valence-corrected chi connectivity index (χ2v) is 4.26. The van der Waals surface area contributed by atoms with E-state index in [1.54, 1.807) is 14.2 Å². The summed E-state index contributed by atoms with van der Waals surface area (Å²) in [5, 5.41) is 0. The van der Waals surface area contributed by atoms with Crippen LogP contribution in [0, 0.1) is 0 Å². The normalized spacial score (nSPS) is 10.1. The Morgan fingerprint density at radius 2 is 2.16 bits per heavy atom. The third-order valence-electron chi connectivity index (χ3n) is 2.86. The molecule has 0 spiro atoms. The summed E-state index contributed by atoms with van der Waals surface area (Å²) in [6.07, 6.45) is 0.511. The maximum Gasteiger partial charge on any atom is 0.409 e. The van der Waals surface area contributed by atoms with E-state index in [4.69, 9.17) is 15.2 Å². The summed E-state index contributed by atoms with van der Waals surface area (Å²) < 4.78 is 10.5. The van der Waals surface area contributed by atoms with Gasteiger partial charge in [-0.25, -0.2) is 4.79 Å². The molecule has 0 aliphatic rings. The first-order valence-corrected chi connectivity index (χ1v) is 6.36. The van der Waals surface area contributed by atoms with Gasteiger partial charge in [-0.2, -0.15) is 0 Å². The van der Waals surface area contributed by atoms with Crippen LogP contribution in [0.15, 0.2) is 18.2 Å². The fraction of sp³-hybridized carbons (Fsp3) is 0.500. The molecule has 0 bridgehead atoms. The highest BCUT2D eigenvalue weighted by Gasteiger charge is 2.09. The molecular weight excluding hydrogens is 244 g/mol. The minimum atomic E-state index is -0.362. The first-order chi connectivity index (χ1) is 9.12. The van der Waals surface area contributed by atoms with E-state index >= 15 is 0 Å². The SMILES string of the molecule is CCc1cc(COC(=O)N(C)CCN)ccc1OC. The molecule has 106 valence electrons. The minimum Gasteiger partial charge on any atom is -0.496 e. The number of benzene rings is 1. The third kappa shape index (κ3) is 4.44. The molecule has 1 aromatic rings. The monoisotopic (exact) mass is 266 g/mol. The van der Waals surface area contributed by atoms with E-state index in [2.05, 4.69) is 6.92 Å². The summed E-state index contributed by atoms with van der Waals surface area (Å²) in [6, 6.07) is 5.79. The van der Waals surface area contributed by atoms with Crippen molar-refractivity contribution in [2.75, 3.05) is 27.2 Å². The number of rotatable bonds is 6. The molecular formula is C14H22N2O3. The van der Waals surface area contributed by atoms with E-state index in [0.717, 1.165) is 23.3 Å². The smallest absolute Gasteiger partial charge is 0.409 e. The zero-order valence-corrected chi connectivity index (χ0v) is 11.8. The van der Waals surface area contributed by atoms with E-state index in [0.29, 0.717) is 13.1 Å². The Kier molecular flexibility index (Phi) is 6.15. The zero-order valence-electron chi connectivity index (χ0n) is 11.8. The van der Waals surface area contributed by atoms with Crippen molar-refractivity contribution in [3.05, 3.63) is 29.3 Å². The van der Waals surface area contributed by atoms with Crippen LogP contribution in [-0.2, 0) is 17.8 Å². The van der Waals surface area contributed by atoms with Gasteiger partial charge in [-0.05, 0) is 29.7 Å². The lowest BCUT2D eigenvalue weighted by atomic mass is 10.1. The lowest BCUT2D eigenvalue weighted by Gasteiger charge is -2.16. The number of hydrogen-bond donors (Lipinski definition) is 1. The first-order valence-electron chi connectivity index (χ1n) is 6.36. The van der Waals surface area contributed by atoms with Gasteiger partial charge in [0.2, 0.25) is 0 Å². The van der Waals surface area contributed by atoms with Gasteiger partial charge in [-0.1, -0.05) is 13.0 Å². The van der Waals surface area contributed by atoms with Gasteiger partial charge < -0.3 is 20.1 Å². The summed E-state index contributed by atoms with van der Waals surface area (Å²) in [7, 11) is 3.32. The number of methoxy groups -OCH3 is 1. The van der Waals surface area contributed by atoms with Crippen LogP contribution in [0.3, 0.4) is 0 Å². The predicted octanol–water partition coefficient (Wildman–Crippen LogP) is 1.78. The number of nitrogens with zero attached hydrogens (tertiary/aromatic N) is 1. The van der Waals surface area contributed by atoms with E-state index in [-0.39, 0.29) is 12.7 Å². The number of amides is 1. The third-order valence-corrected chi connectivity index (χ3v) is 2.86. The molecule has 1 rings (SSSR count). The Bertz CT molecular complexity index is 421. The molecule has 19 heavy (non-hydrogen) atoms.